The third-order valence-electron chi connectivity index (χ3n) is 8.03. The monoisotopic (exact) mass is 584 g/mol. The lowest BCUT2D eigenvalue weighted by atomic mass is 9.96. The first-order valence-electron chi connectivity index (χ1n) is 13.7. The minimum absolute atomic E-state index is 0.0298. The maximum absolute atomic E-state index is 14.3. The van der Waals surface area contributed by atoms with E-state index >= 15 is 0 Å². The molecule has 3 rings (SSSR count). The molecule has 0 saturated carbocycles. The number of rotatable bonds is 11. The highest BCUT2D eigenvalue weighted by Crippen LogP contribution is 2.40. The van der Waals surface area contributed by atoms with Crippen LogP contribution in [0.25, 0.3) is 0 Å². The number of methoxy groups -OCH3 is 3. The zero-order valence-corrected chi connectivity index (χ0v) is 26.5. The summed E-state index contributed by atoms with van der Waals surface area (Å²) in [6, 6.07) is 11.0. The van der Waals surface area contributed by atoms with Gasteiger partial charge in [-0.25, -0.2) is 4.79 Å². The number of hydrogen-bond donors (Lipinski definition) is 1. The van der Waals surface area contributed by atoms with Crippen molar-refractivity contribution in [2.75, 3.05) is 46.4 Å². The smallest absolute Gasteiger partial charge is 0.411 e. The molecule has 2 atom stereocenters. The number of ether oxygens (including phenoxy) is 4. The first kappa shape index (κ1) is 32.0. The van der Waals surface area contributed by atoms with Crippen molar-refractivity contribution in [1.82, 2.24) is 4.90 Å². The summed E-state index contributed by atoms with van der Waals surface area (Å²) in [6.07, 6.45) is 1.50. The minimum Gasteiger partial charge on any atom is -0.497 e. The summed E-state index contributed by atoms with van der Waals surface area (Å²) in [5, 5.41) is 2.72. The van der Waals surface area contributed by atoms with Gasteiger partial charge in [-0.2, -0.15) is 0 Å². The van der Waals surface area contributed by atoms with Gasteiger partial charge in [0.1, 0.15) is 12.4 Å². The van der Waals surface area contributed by atoms with E-state index in [0.29, 0.717) is 24.7 Å². The fraction of sp³-hybridized carbons (Fsp3) is 0.484. The van der Waals surface area contributed by atoms with E-state index in [4.69, 9.17) is 23.4 Å². The lowest BCUT2D eigenvalue weighted by Gasteiger charge is -2.38. The van der Waals surface area contributed by atoms with E-state index in [9.17, 15) is 9.59 Å². The SMILES string of the molecule is C=CCOC(=O)Nc1cc(OC)c(OC)cc1C(=O)N1C[C@@H](c2ccc(OC)cc2)C[C@H]1CO[Si](C)(C)C(C)(C)C. The zero-order valence-electron chi connectivity index (χ0n) is 25.5. The van der Waals surface area contributed by atoms with Crippen LogP contribution in [0.15, 0.2) is 49.1 Å². The molecule has 10 heteroatoms. The Labute approximate surface area is 244 Å². The van der Waals surface area contributed by atoms with E-state index in [1.165, 1.54) is 20.3 Å². The Hall–Kier alpha value is -3.50. The number of carbonyl (C=O) groups excluding carboxylic acids is 2. The maximum Gasteiger partial charge on any atom is 0.411 e. The van der Waals surface area contributed by atoms with Gasteiger partial charge in [-0.15, -0.1) is 0 Å². The summed E-state index contributed by atoms with van der Waals surface area (Å²) < 4.78 is 28.0. The second-order valence-corrected chi connectivity index (χ2v) is 16.5. The molecule has 2 aromatic rings. The highest BCUT2D eigenvalue weighted by Gasteiger charge is 2.42. The molecule has 0 aliphatic carbocycles. The van der Waals surface area contributed by atoms with E-state index in [-0.39, 0.29) is 40.8 Å². The number of nitrogens with one attached hydrogen (secondary N) is 1. The van der Waals surface area contributed by atoms with Crippen LogP contribution in [0, 0.1) is 0 Å². The fourth-order valence-corrected chi connectivity index (χ4v) is 5.60. The molecule has 1 saturated heterocycles. The van der Waals surface area contributed by atoms with Gasteiger partial charge in [0.15, 0.2) is 19.8 Å². The summed E-state index contributed by atoms with van der Waals surface area (Å²) in [5.41, 5.74) is 1.65. The van der Waals surface area contributed by atoms with Gasteiger partial charge in [-0.05, 0) is 48.3 Å². The average molecular weight is 585 g/mol. The van der Waals surface area contributed by atoms with Crippen LogP contribution in [-0.4, -0.2) is 72.3 Å². The van der Waals surface area contributed by atoms with Crippen molar-refractivity contribution in [2.45, 2.75) is 57.3 Å². The zero-order chi connectivity index (χ0) is 30.4. The summed E-state index contributed by atoms with van der Waals surface area (Å²) in [7, 11) is 2.56. The van der Waals surface area contributed by atoms with Gasteiger partial charge in [0.25, 0.3) is 5.91 Å². The van der Waals surface area contributed by atoms with Crippen LogP contribution in [0.3, 0.4) is 0 Å². The Morgan fingerprint density at radius 1 is 1.05 bits per heavy atom. The molecule has 0 spiro atoms. The molecule has 2 aromatic carbocycles. The largest absolute Gasteiger partial charge is 0.497 e. The molecular formula is C31H44N2O7Si. The molecule has 9 nitrogen and oxygen atoms in total. The van der Waals surface area contributed by atoms with E-state index in [1.54, 1.807) is 19.2 Å². The van der Waals surface area contributed by atoms with Gasteiger partial charge in [0.2, 0.25) is 0 Å². The van der Waals surface area contributed by atoms with Crippen LogP contribution >= 0.6 is 0 Å². The van der Waals surface area contributed by atoms with Crippen LogP contribution in [0.4, 0.5) is 10.5 Å². The van der Waals surface area contributed by atoms with Crippen molar-refractivity contribution in [3.63, 3.8) is 0 Å². The number of anilines is 1. The van der Waals surface area contributed by atoms with Crippen LogP contribution in [0.5, 0.6) is 17.2 Å². The summed E-state index contributed by atoms with van der Waals surface area (Å²) in [6.45, 7) is 15.5. The van der Waals surface area contributed by atoms with Gasteiger partial charge < -0.3 is 28.3 Å². The Morgan fingerprint density at radius 2 is 1.68 bits per heavy atom. The van der Waals surface area contributed by atoms with E-state index in [1.807, 2.05) is 29.2 Å². The molecule has 0 radical (unpaired) electrons. The quantitative estimate of drug-likeness (QED) is 0.239. The van der Waals surface area contributed by atoms with Crippen LogP contribution in [-0.2, 0) is 9.16 Å². The Balaban J connectivity index is 2.00. The Morgan fingerprint density at radius 3 is 2.24 bits per heavy atom. The summed E-state index contributed by atoms with van der Waals surface area (Å²) >= 11 is 0. The molecule has 1 fully saturated rings. The van der Waals surface area contributed by atoms with Gasteiger partial charge in [0.05, 0.1) is 45.2 Å². The lowest BCUT2D eigenvalue weighted by Crippen LogP contribution is -2.46. The van der Waals surface area contributed by atoms with E-state index in [2.05, 4.69) is 45.8 Å². The normalized spacial score (nSPS) is 17.1. The second kappa shape index (κ2) is 13.4. The molecular weight excluding hydrogens is 540 g/mol. The van der Waals surface area contributed by atoms with Crippen molar-refractivity contribution < 1.29 is 33.0 Å². The molecule has 2 amide bonds. The number of benzene rings is 2. The average Bonchev–Trinajstić information content (AvgIpc) is 3.38. The number of likely N-dealkylation sites (tertiary alicyclic amines) is 1. The van der Waals surface area contributed by atoms with Crippen LogP contribution < -0.4 is 19.5 Å². The number of nitrogens with zero attached hydrogens (tertiary/aromatic N) is 1. The maximum atomic E-state index is 14.3. The molecule has 0 unspecified atom stereocenters. The second-order valence-electron chi connectivity index (χ2n) is 11.7. The van der Waals surface area contributed by atoms with E-state index in [0.717, 1.165) is 17.7 Å². The first-order valence-corrected chi connectivity index (χ1v) is 16.7. The standard InChI is InChI=1S/C31H44N2O7Si/c1-10-15-39-30(35)32-26-18-28(38-7)27(37-6)17-25(26)29(34)33-19-22(21-11-13-24(36-5)14-12-21)16-23(33)20-40-41(8,9)31(2,3)4/h10-14,17-18,22-23H,1,15-16,19-20H2,2-9H3,(H,32,35)/t22-,23-/m0/s1. The fourth-order valence-electron chi connectivity index (χ4n) is 4.56. The summed E-state index contributed by atoms with van der Waals surface area (Å²) in [4.78, 5) is 28.6. The Bertz CT molecular complexity index is 1220. The number of carbonyl (C=O) groups is 2. The molecule has 0 bridgehead atoms. The van der Waals surface area contributed by atoms with Crippen molar-refractivity contribution in [3.05, 3.63) is 60.2 Å². The van der Waals surface area contributed by atoms with Gasteiger partial charge in [-0.1, -0.05) is 45.6 Å². The predicted molar refractivity (Wildman–Crippen MR) is 163 cm³/mol. The molecule has 1 heterocycles. The third-order valence-corrected chi connectivity index (χ3v) is 12.5. The lowest BCUT2D eigenvalue weighted by molar-refractivity contribution is 0.0683. The predicted octanol–water partition coefficient (Wildman–Crippen LogP) is 6.47. The first-order chi connectivity index (χ1) is 19.3. The van der Waals surface area contributed by atoms with Crippen molar-refractivity contribution in [3.8, 4) is 17.2 Å². The minimum atomic E-state index is -2.08. The third kappa shape index (κ3) is 7.62. The highest BCUT2D eigenvalue weighted by atomic mass is 28.4. The number of hydrogen-bond acceptors (Lipinski definition) is 7. The summed E-state index contributed by atoms with van der Waals surface area (Å²) in [5.74, 6) is 1.39. The Kier molecular flexibility index (Phi) is 10.5. The molecule has 1 aliphatic heterocycles. The van der Waals surface area contributed by atoms with Crippen LogP contribution in [0.1, 0.15) is 49.0 Å². The molecule has 224 valence electrons. The van der Waals surface area contributed by atoms with Crippen LogP contribution in [0.2, 0.25) is 18.1 Å². The van der Waals surface area contributed by atoms with Gasteiger partial charge in [0, 0.05) is 18.5 Å². The van der Waals surface area contributed by atoms with Crippen molar-refractivity contribution in [2.24, 2.45) is 0 Å². The molecule has 1 aliphatic rings. The molecule has 0 aromatic heterocycles. The van der Waals surface area contributed by atoms with Crippen molar-refractivity contribution in [1.29, 1.82) is 0 Å². The topological polar surface area (TPSA) is 95.6 Å². The van der Waals surface area contributed by atoms with Crippen molar-refractivity contribution >= 4 is 26.0 Å². The molecule has 41 heavy (non-hydrogen) atoms. The number of amides is 2. The highest BCUT2D eigenvalue weighted by molar-refractivity contribution is 6.74. The molecule has 1 N–H and O–H groups in total. The van der Waals surface area contributed by atoms with Gasteiger partial charge in [-0.3, -0.25) is 10.1 Å². The van der Waals surface area contributed by atoms with E-state index < -0.39 is 14.4 Å². The van der Waals surface area contributed by atoms with Gasteiger partial charge >= 0.3 is 6.09 Å².